The number of nitrogens with one attached hydrogen (secondary N) is 1. The zero-order valence-electron chi connectivity index (χ0n) is 58.9. The van der Waals surface area contributed by atoms with Crippen LogP contribution in [0.15, 0.2) is 60.8 Å². The lowest BCUT2D eigenvalue weighted by Crippen LogP contribution is -2.66. The van der Waals surface area contributed by atoms with Gasteiger partial charge in [0.05, 0.1) is 38.6 Å². The average molecular weight is 1350 g/mol. The molecule has 19 nitrogen and oxygen atoms in total. The van der Waals surface area contributed by atoms with Gasteiger partial charge in [-0.3, -0.25) is 4.79 Å². The Morgan fingerprint density at radius 3 is 1.14 bits per heavy atom. The Labute approximate surface area is 573 Å². The van der Waals surface area contributed by atoms with Crippen molar-refractivity contribution in [1.29, 1.82) is 0 Å². The molecule has 0 aliphatic carbocycles. The number of carbonyl (C=O) groups excluding carboxylic acids is 1. The van der Waals surface area contributed by atoms with Crippen LogP contribution in [-0.2, 0) is 33.2 Å². The van der Waals surface area contributed by atoms with Crippen molar-refractivity contribution >= 4 is 5.91 Å². The van der Waals surface area contributed by atoms with Gasteiger partial charge in [-0.2, -0.15) is 0 Å². The van der Waals surface area contributed by atoms with E-state index in [2.05, 4.69) is 79.9 Å². The predicted octanol–water partition coefficient (Wildman–Crippen LogP) is 11.5. The molecule has 554 valence electrons. The smallest absolute Gasteiger partial charge is 0.220 e. The van der Waals surface area contributed by atoms with E-state index in [0.29, 0.717) is 12.8 Å². The van der Waals surface area contributed by atoms with Gasteiger partial charge >= 0.3 is 0 Å². The summed E-state index contributed by atoms with van der Waals surface area (Å²) in [5.41, 5.74) is 0. The zero-order chi connectivity index (χ0) is 68.9. The van der Waals surface area contributed by atoms with Gasteiger partial charge in [0, 0.05) is 6.42 Å². The van der Waals surface area contributed by atoms with Crippen LogP contribution in [0.3, 0.4) is 0 Å². The normalized spacial score (nSPS) is 27.5. The second-order valence-electron chi connectivity index (χ2n) is 27.1. The number of aliphatic hydroxyl groups is 11. The number of allylic oxidation sites excluding steroid dienone is 10. The highest BCUT2D eigenvalue weighted by atomic mass is 16.8. The van der Waals surface area contributed by atoms with Gasteiger partial charge in [0.2, 0.25) is 5.91 Å². The fourth-order valence-electron chi connectivity index (χ4n) is 12.8. The summed E-state index contributed by atoms with van der Waals surface area (Å²) in [4.78, 5) is 13.4. The molecular formula is C76H137NO18. The number of hydrogen-bond acceptors (Lipinski definition) is 18. The van der Waals surface area contributed by atoms with Crippen molar-refractivity contribution in [3.05, 3.63) is 60.8 Å². The van der Waals surface area contributed by atoms with Gasteiger partial charge < -0.3 is 89.9 Å². The summed E-state index contributed by atoms with van der Waals surface area (Å²) in [5.74, 6) is -0.242. The molecule has 0 saturated carbocycles. The Kier molecular flexibility index (Phi) is 52.2. The number of carbonyl (C=O) groups is 1. The lowest BCUT2D eigenvalue weighted by molar-refractivity contribution is -0.379. The number of aliphatic hydroxyl groups excluding tert-OH is 11. The van der Waals surface area contributed by atoms with Gasteiger partial charge in [-0.05, 0) is 57.8 Å². The molecule has 0 bridgehead atoms. The molecule has 3 saturated heterocycles. The molecule has 3 rings (SSSR count). The summed E-state index contributed by atoms with van der Waals surface area (Å²) in [5, 5.41) is 120. The fourth-order valence-corrected chi connectivity index (χ4v) is 12.8. The van der Waals surface area contributed by atoms with Crippen LogP contribution in [0.25, 0.3) is 0 Å². The minimum Gasteiger partial charge on any atom is -0.394 e. The minimum atomic E-state index is -1.97. The van der Waals surface area contributed by atoms with E-state index in [1.165, 1.54) is 173 Å². The molecule has 17 unspecified atom stereocenters. The van der Waals surface area contributed by atoms with Crippen LogP contribution in [0.4, 0.5) is 0 Å². The molecule has 3 aliphatic heterocycles. The molecule has 19 heteroatoms. The second-order valence-corrected chi connectivity index (χ2v) is 27.1. The lowest BCUT2D eigenvalue weighted by Gasteiger charge is -2.48. The van der Waals surface area contributed by atoms with Crippen LogP contribution in [0, 0.1) is 0 Å². The monoisotopic (exact) mass is 1350 g/mol. The molecule has 3 fully saturated rings. The van der Waals surface area contributed by atoms with Crippen LogP contribution < -0.4 is 5.32 Å². The molecule has 3 aliphatic rings. The van der Waals surface area contributed by atoms with Gasteiger partial charge in [-0.15, -0.1) is 0 Å². The molecular weight excluding hydrogens is 1210 g/mol. The van der Waals surface area contributed by atoms with E-state index >= 15 is 0 Å². The largest absolute Gasteiger partial charge is 0.394 e. The summed E-state index contributed by atoms with van der Waals surface area (Å²) in [6.07, 6.45) is 45.2. The molecule has 17 atom stereocenters. The first-order valence-corrected chi connectivity index (χ1v) is 38.0. The van der Waals surface area contributed by atoms with Crippen molar-refractivity contribution in [1.82, 2.24) is 5.32 Å². The molecule has 0 aromatic carbocycles. The maximum absolute atomic E-state index is 13.4. The predicted molar refractivity (Wildman–Crippen MR) is 374 cm³/mol. The van der Waals surface area contributed by atoms with E-state index in [4.69, 9.17) is 28.4 Å². The first kappa shape index (κ1) is 86.7. The third-order valence-corrected chi connectivity index (χ3v) is 18.9. The van der Waals surface area contributed by atoms with Crippen LogP contribution in [-0.4, -0.2) is 193 Å². The Morgan fingerprint density at radius 2 is 0.726 bits per heavy atom. The van der Waals surface area contributed by atoms with Crippen LogP contribution in [0.1, 0.15) is 284 Å². The number of ether oxygens (including phenoxy) is 6. The topological polar surface area (TPSA) is 307 Å². The van der Waals surface area contributed by atoms with E-state index in [1.807, 2.05) is 0 Å². The molecule has 0 spiro atoms. The van der Waals surface area contributed by atoms with Crippen LogP contribution in [0.2, 0.25) is 0 Å². The molecule has 95 heavy (non-hydrogen) atoms. The van der Waals surface area contributed by atoms with Crippen molar-refractivity contribution in [3.8, 4) is 0 Å². The zero-order valence-corrected chi connectivity index (χ0v) is 58.9. The van der Waals surface area contributed by atoms with E-state index in [1.54, 1.807) is 0 Å². The highest BCUT2D eigenvalue weighted by Gasteiger charge is 2.53. The molecule has 3 heterocycles. The van der Waals surface area contributed by atoms with Crippen molar-refractivity contribution in [2.45, 2.75) is 388 Å². The SMILES string of the molecule is CC/C=C\C/C=C\C/C=C\C/C=C\C/C=C\CCCCCCCCCCCCCCCCCCCCCCCCCCCC(=O)NC(COC1OC(CO)C(OC2OC(CO)C(OC3OC(CO)C(O)C(O)C3O)C(O)C2O)C(O)C1O)C(O)CCCCCCCCCCC. The van der Waals surface area contributed by atoms with Gasteiger partial charge in [0.15, 0.2) is 18.9 Å². The van der Waals surface area contributed by atoms with Crippen molar-refractivity contribution in [3.63, 3.8) is 0 Å². The maximum Gasteiger partial charge on any atom is 0.220 e. The average Bonchev–Trinajstić information content (AvgIpc) is 0.797. The third kappa shape index (κ3) is 38.2. The molecule has 0 radical (unpaired) electrons. The summed E-state index contributed by atoms with van der Waals surface area (Å²) in [6, 6.07) is -0.884. The Morgan fingerprint density at radius 1 is 0.389 bits per heavy atom. The van der Waals surface area contributed by atoms with Gasteiger partial charge in [0.25, 0.3) is 0 Å². The fraction of sp³-hybridized carbons (Fsp3) is 0.855. The Bertz CT molecular complexity index is 1950. The number of amides is 1. The first-order chi connectivity index (χ1) is 46.3. The summed E-state index contributed by atoms with van der Waals surface area (Å²) < 4.78 is 34.3. The van der Waals surface area contributed by atoms with E-state index in [9.17, 15) is 61.0 Å². The van der Waals surface area contributed by atoms with Crippen LogP contribution >= 0.6 is 0 Å². The van der Waals surface area contributed by atoms with Crippen LogP contribution in [0.5, 0.6) is 0 Å². The van der Waals surface area contributed by atoms with Crippen molar-refractivity contribution in [2.24, 2.45) is 0 Å². The lowest BCUT2D eigenvalue weighted by atomic mass is 9.96. The quantitative estimate of drug-likeness (QED) is 0.0199. The Balaban J connectivity index is 1.24. The summed E-state index contributed by atoms with van der Waals surface area (Å²) in [7, 11) is 0. The molecule has 0 aromatic heterocycles. The van der Waals surface area contributed by atoms with E-state index < -0.39 is 124 Å². The molecule has 12 N–H and O–H groups in total. The first-order valence-electron chi connectivity index (χ1n) is 38.0. The minimum absolute atomic E-state index is 0.242. The highest BCUT2D eigenvalue weighted by molar-refractivity contribution is 5.76. The number of unbranched alkanes of at least 4 members (excludes halogenated alkanes) is 33. The third-order valence-electron chi connectivity index (χ3n) is 18.9. The number of rotatable bonds is 59. The second kappa shape index (κ2) is 57.2. The van der Waals surface area contributed by atoms with E-state index in [0.717, 1.165) is 77.0 Å². The van der Waals surface area contributed by atoms with Gasteiger partial charge in [-0.25, -0.2) is 0 Å². The summed E-state index contributed by atoms with van der Waals surface area (Å²) in [6.45, 7) is 1.66. The maximum atomic E-state index is 13.4. The molecule has 0 aromatic rings. The van der Waals surface area contributed by atoms with Crippen molar-refractivity contribution in [2.75, 3.05) is 26.4 Å². The van der Waals surface area contributed by atoms with Gasteiger partial charge in [-0.1, -0.05) is 280 Å². The standard InChI is InChI=1S/C76H137NO18/c1-3-5-7-9-11-13-14-15-16-17-18-19-20-21-22-23-24-25-26-27-28-29-30-31-32-33-34-35-36-37-38-39-40-41-42-43-44-46-48-50-52-54-64(82)77-59(60(81)53-51-49-47-45-12-10-8-6-4-2)58-90-74-70(88)67(85)72(62(56-79)92-74)95-76-71(89)68(86)73(63(57-80)93-76)94-75-69(87)66(84)65(83)61(55-78)91-75/h5,7,11,13,15-16,18-19,21-22,59-63,65-76,78-81,83-89H,3-4,6,8-10,12,14,17,20,23-58H2,1-2H3,(H,77,82)/b7-5-,13-11-,16-15-,19-18-,22-21-. The Hall–Kier alpha value is -2.51. The van der Waals surface area contributed by atoms with E-state index in [-0.39, 0.29) is 18.9 Å². The summed E-state index contributed by atoms with van der Waals surface area (Å²) >= 11 is 0. The number of hydrogen-bond donors (Lipinski definition) is 12. The molecule has 1 amide bonds. The highest BCUT2D eigenvalue weighted by Crippen LogP contribution is 2.33. The van der Waals surface area contributed by atoms with Gasteiger partial charge in [0.1, 0.15) is 73.2 Å². The van der Waals surface area contributed by atoms with Crippen molar-refractivity contribution < 1.29 is 89.4 Å².